The molecule has 2 aliphatic carbocycles. The van der Waals surface area contributed by atoms with E-state index in [9.17, 15) is 0 Å². The van der Waals surface area contributed by atoms with Crippen LogP contribution in [0.15, 0.2) is 60.7 Å². The first-order valence-corrected chi connectivity index (χ1v) is 14.9. The molecular weight excluding hydrogens is 444 g/mol. The van der Waals surface area contributed by atoms with Crippen LogP contribution in [0.4, 0.5) is 0 Å². The van der Waals surface area contributed by atoms with Crippen molar-refractivity contribution in [1.29, 1.82) is 0 Å². The predicted octanol–water partition coefficient (Wildman–Crippen LogP) is 9.17. The van der Waals surface area contributed by atoms with Crippen molar-refractivity contribution in [2.24, 2.45) is 0 Å². The van der Waals surface area contributed by atoms with Gasteiger partial charge in [0.15, 0.2) is 0 Å². The number of rotatable bonds is 11. The average Bonchev–Trinajstić information content (AvgIpc) is 2.86. The fraction of sp³-hybridized carbons (Fsp3) is 0.405. The van der Waals surface area contributed by atoms with Gasteiger partial charge in [0.05, 0.1) is 0 Å². The second kappa shape index (κ2) is 10.9. The molecule has 2 aliphatic rings. The van der Waals surface area contributed by atoms with Crippen molar-refractivity contribution >= 4 is 10.8 Å². The highest BCUT2D eigenvalue weighted by Crippen LogP contribution is 2.31. The standard InChI is InChI=1S/C37H42/c1-26-12-21-36-35(11-5-3-4-8-28-13-15-30-17-19-32(30)24-28)27(2)23-34(37(36)22-26)10-7-6-9-29-14-16-31-18-20-33(31)25-29/h12-16,21-25H,3-11,17-20H2,1-2H3. The summed E-state index contributed by atoms with van der Waals surface area (Å²) in [5, 5.41) is 3.01. The predicted molar refractivity (Wildman–Crippen MR) is 159 cm³/mol. The molecule has 0 saturated heterocycles. The minimum Gasteiger partial charge on any atom is -0.0588 e. The summed E-state index contributed by atoms with van der Waals surface area (Å²) >= 11 is 0. The van der Waals surface area contributed by atoms with Crippen LogP contribution in [0, 0.1) is 13.8 Å². The Kier molecular flexibility index (Phi) is 7.18. The van der Waals surface area contributed by atoms with Crippen molar-refractivity contribution in [2.75, 3.05) is 0 Å². The Morgan fingerprint density at radius 1 is 0.486 bits per heavy atom. The quantitative estimate of drug-likeness (QED) is 0.185. The van der Waals surface area contributed by atoms with E-state index in [1.54, 1.807) is 38.9 Å². The van der Waals surface area contributed by atoms with E-state index < -0.39 is 0 Å². The zero-order valence-electron chi connectivity index (χ0n) is 23.0. The summed E-state index contributed by atoms with van der Waals surface area (Å²) in [6.07, 6.45) is 16.4. The summed E-state index contributed by atoms with van der Waals surface area (Å²) in [5.74, 6) is 0. The topological polar surface area (TPSA) is 0 Å². The van der Waals surface area contributed by atoms with Gasteiger partial charge in [-0.05, 0) is 152 Å². The van der Waals surface area contributed by atoms with E-state index in [0.29, 0.717) is 0 Å². The van der Waals surface area contributed by atoms with Gasteiger partial charge < -0.3 is 0 Å². The number of benzene rings is 4. The third-order valence-electron chi connectivity index (χ3n) is 9.14. The molecule has 0 bridgehead atoms. The Labute approximate surface area is 224 Å². The van der Waals surface area contributed by atoms with E-state index in [2.05, 4.69) is 74.5 Å². The highest BCUT2D eigenvalue weighted by molar-refractivity contribution is 5.90. The highest BCUT2D eigenvalue weighted by Gasteiger charge is 2.14. The summed E-state index contributed by atoms with van der Waals surface area (Å²) in [7, 11) is 0. The van der Waals surface area contributed by atoms with E-state index in [4.69, 9.17) is 0 Å². The molecule has 0 heteroatoms. The van der Waals surface area contributed by atoms with Crippen LogP contribution in [0.2, 0.25) is 0 Å². The van der Waals surface area contributed by atoms with Crippen molar-refractivity contribution in [3.63, 3.8) is 0 Å². The summed E-state index contributed by atoms with van der Waals surface area (Å²) in [6.45, 7) is 4.59. The lowest BCUT2D eigenvalue weighted by molar-refractivity contribution is 0.677. The fourth-order valence-corrected chi connectivity index (χ4v) is 6.62. The van der Waals surface area contributed by atoms with Gasteiger partial charge >= 0.3 is 0 Å². The molecule has 0 radical (unpaired) electrons. The number of unbranched alkanes of at least 4 members (excludes halogenated alkanes) is 3. The summed E-state index contributed by atoms with van der Waals surface area (Å²) in [6, 6.07) is 24.0. The molecule has 0 heterocycles. The molecule has 0 amide bonds. The Hall–Kier alpha value is -2.86. The molecule has 6 rings (SSSR count). The van der Waals surface area contributed by atoms with Gasteiger partial charge in [-0.1, -0.05) is 72.6 Å². The van der Waals surface area contributed by atoms with Crippen molar-refractivity contribution in [3.8, 4) is 0 Å². The molecule has 0 aliphatic heterocycles. The number of fused-ring (bicyclic) bond motifs is 3. The van der Waals surface area contributed by atoms with Crippen LogP contribution in [-0.2, 0) is 51.4 Å². The number of aryl methyl sites for hydroxylation is 10. The van der Waals surface area contributed by atoms with Gasteiger partial charge in [-0.25, -0.2) is 0 Å². The SMILES string of the molecule is Cc1ccc2c(CCCCCc3ccc4c(c3)CC4)c(C)cc(CCCCc3ccc4c(c3)CC4)c2c1. The van der Waals surface area contributed by atoms with Crippen LogP contribution in [0.25, 0.3) is 10.8 Å². The molecule has 0 saturated carbocycles. The van der Waals surface area contributed by atoms with Gasteiger partial charge in [0.1, 0.15) is 0 Å². The molecule has 0 spiro atoms. The van der Waals surface area contributed by atoms with Gasteiger partial charge in [0.25, 0.3) is 0 Å². The summed E-state index contributed by atoms with van der Waals surface area (Å²) in [4.78, 5) is 0. The van der Waals surface area contributed by atoms with Gasteiger partial charge in [-0.2, -0.15) is 0 Å². The van der Waals surface area contributed by atoms with Crippen LogP contribution in [0.3, 0.4) is 0 Å². The molecular formula is C37H42. The molecule has 0 N–H and O–H groups in total. The van der Waals surface area contributed by atoms with E-state index >= 15 is 0 Å². The van der Waals surface area contributed by atoms with Crippen LogP contribution in [0.1, 0.15) is 87.7 Å². The maximum atomic E-state index is 2.52. The number of hydrogen-bond acceptors (Lipinski definition) is 0. The smallest absolute Gasteiger partial charge is 0.0146 e. The monoisotopic (exact) mass is 486 g/mol. The minimum atomic E-state index is 1.19. The maximum Gasteiger partial charge on any atom is -0.0146 e. The van der Waals surface area contributed by atoms with E-state index in [-0.39, 0.29) is 0 Å². The lowest BCUT2D eigenvalue weighted by atomic mass is 9.86. The molecule has 0 atom stereocenters. The normalized spacial score (nSPS) is 13.7. The first kappa shape index (κ1) is 24.5. The van der Waals surface area contributed by atoms with E-state index in [1.807, 2.05) is 0 Å². The first-order valence-electron chi connectivity index (χ1n) is 14.9. The minimum absolute atomic E-state index is 1.19. The second-order valence-corrected chi connectivity index (χ2v) is 11.9. The molecule has 0 aromatic heterocycles. The first-order chi connectivity index (χ1) is 18.1. The second-order valence-electron chi connectivity index (χ2n) is 11.9. The molecule has 4 aromatic rings. The molecule has 37 heavy (non-hydrogen) atoms. The molecule has 0 nitrogen and oxygen atoms in total. The third-order valence-corrected chi connectivity index (χ3v) is 9.14. The molecule has 0 unspecified atom stereocenters. The fourth-order valence-electron chi connectivity index (χ4n) is 6.62. The molecule has 190 valence electrons. The number of hydrogen-bond donors (Lipinski definition) is 0. The third kappa shape index (κ3) is 5.40. The van der Waals surface area contributed by atoms with Gasteiger partial charge in [-0.15, -0.1) is 0 Å². The average molecular weight is 487 g/mol. The summed E-state index contributed by atoms with van der Waals surface area (Å²) in [5.41, 5.74) is 15.4. The van der Waals surface area contributed by atoms with Crippen LogP contribution < -0.4 is 0 Å². The Balaban J connectivity index is 1.06. The van der Waals surface area contributed by atoms with Crippen LogP contribution in [-0.4, -0.2) is 0 Å². The largest absolute Gasteiger partial charge is 0.0588 e. The van der Waals surface area contributed by atoms with Crippen molar-refractivity contribution in [2.45, 2.75) is 97.3 Å². The zero-order valence-corrected chi connectivity index (χ0v) is 23.0. The van der Waals surface area contributed by atoms with Gasteiger partial charge in [0, 0.05) is 0 Å². The lowest BCUT2D eigenvalue weighted by Gasteiger charge is -2.19. The molecule has 4 aromatic carbocycles. The maximum absolute atomic E-state index is 2.52. The van der Waals surface area contributed by atoms with Crippen molar-refractivity contribution in [1.82, 2.24) is 0 Å². The molecule has 0 fully saturated rings. The lowest BCUT2D eigenvalue weighted by Crippen LogP contribution is -2.08. The van der Waals surface area contributed by atoms with Gasteiger partial charge in [-0.3, -0.25) is 0 Å². The van der Waals surface area contributed by atoms with Crippen LogP contribution >= 0.6 is 0 Å². The Morgan fingerprint density at radius 3 is 1.70 bits per heavy atom. The van der Waals surface area contributed by atoms with E-state index in [1.165, 1.54) is 111 Å². The Morgan fingerprint density at radius 2 is 1.08 bits per heavy atom. The van der Waals surface area contributed by atoms with Crippen molar-refractivity contribution in [3.05, 3.63) is 116 Å². The Bertz CT molecular complexity index is 1420. The zero-order chi connectivity index (χ0) is 25.2. The van der Waals surface area contributed by atoms with Gasteiger partial charge in [0.2, 0.25) is 0 Å². The van der Waals surface area contributed by atoms with Crippen molar-refractivity contribution < 1.29 is 0 Å². The summed E-state index contributed by atoms with van der Waals surface area (Å²) < 4.78 is 0. The highest BCUT2D eigenvalue weighted by atomic mass is 14.2. The van der Waals surface area contributed by atoms with E-state index in [0.717, 1.165) is 0 Å². The van der Waals surface area contributed by atoms with Crippen LogP contribution in [0.5, 0.6) is 0 Å².